The second-order valence-electron chi connectivity index (χ2n) is 5.87. The van der Waals surface area contributed by atoms with Crippen molar-refractivity contribution in [2.24, 2.45) is 0 Å². The third kappa shape index (κ3) is 5.95. The van der Waals surface area contributed by atoms with Gasteiger partial charge in [0, 0.05) is 5.69 Å². The normalized spacial score (nSPS) is 10.2. The van der Waals surface area contributed by atoms with Crippen LogP contribution >= 0.6 is 0 Å². The summed E-state index contributed by atoms with van der Waals surface area (Å²) in [6, 6.07) is 13.2. The lowest BCUT2D eigenvalue weighted by atomic mass is 10.1. The molecule has 0 saturated heterocycles. The summed E-state index contributed by atoms with van der Waals surface area (Å²) in [5, 5.41) is 2.75. The lowest BCUT2D eigenvalue weighted by Crippen LogP contribution is -2.22. The maximum Gasteiger partial charge on any atom is 0.309 e. The van der Waals surface area contributed by atoms with E-state index in [1.54, 1.807) is 0 Å². The van der Waals surface area contributed by atoms with Crippen LogP contribution in [0.25, 0.3) is 0 Å². The zero-order chi connectivity index (χ0) is 18.2. The Kier molecular flexibility index (Phi) is 6.57. The van der Waals surface area contributed by atoms with Gasteiger partial charge in [0.2, 0.25) is 0 Å². The second-order valence-corrected chi connectivity index (χ2v) is 5.87. The quantitative estimate of drug-likeness (QED) is 0.782. The molecule has 0 bridgehead atoms. The number of nitrogens with one attached hydrogen (secondary N) is 1. The van der Waals surface area contributed by atoms with Gasteiger partial charge in [0.1, 0.15) is 5.75 Å². The Bertz CT molecular complexity index is 755. The summed E-state index contributed by atoms with van der Waals surface area (Å²) in [4.78, 5) is 23.6. The maximum atomic E-state index is 11.9. The van der Waals surface area contributed by atoms with Gasteiger partial charge in [-0.15, -0.1) is 0 Å². The van der Waals surface area contributed by atoms with Crippen molar-refractivity contribution in [2.45, 2.75) is 27.2 Å². The molecule has 25 heavy (non-hydrogen) atoms. The number of rotatable bonds is 7. The topological polar surface area (TPSA) is 64.6 Å². The monoisotopic (exact) mass is 341 g/mol. The molecule has 0 fully saturated rings. The Hall–Kier alpha value is -2.82. The van der Waals surface area contributed by atoms with Gasteiger partial charge in [0.05, 0.1) is 13.0 Å². The first-order valence-electron chi connectivity index (χ1n) is 8.17. The van der Waals surface area contributed by atoms with Gasteiger partial charge >= 0.3 is 5.97 Å². The van der Waals surface area contributed by atoms with Crippen LogP contribution in [0.2, 0.25) is 0 Å². The van der Waals surface area contributed by atoms with Crippen LogP contribution in [0.1, 0.15) is 23.1 Å². The molecule has 2 rings (SSSR count). The van der Waals surface area contributed by atoms with Crippen molar-refractivity contribution >= 4 is 17.6 Å². The molecule has 1 N–H and O–H groups in total. The largest absolute Gasteiger partial charge is 0.493 e. The van der Waals surface area contributed by atoms with Gasteiger partial charge < -0.3 is 14.8 Å². The number of esters is 1. The van der Waals surface area contributed by atoms with Crippen LogP contribution in [0, 0.1) is 20.8 Å². The summed E-state index contributed by atoms with van der Waals surface area (Å²) in [6.07, 6.45) is 0.0880. The zero-order valence-electron chi connectivity index (χ0n) is 14.8. The van der Waals surface area contributed by atoms with E-state index in [9.17, 15) is 9.59 Å². The Morgan fingerprint density at radius 3 is 2.56 bits per heavy atom. The number of ether oxygens (including phenoxy) is 2. The third-order valence-corrected chi connectivity index (χ3v) is 3.81. The predicted octanol–water partition coefficient (Wildman–Crippen LogP) is 3.56. The van der Waals surface area contributed by atoms with E-state index in [0.717, 1.165) is 22.4 Å². The molecule has 2 aromatic rings. The SMILES string of the molecule is Cc1cccc(OCCC(=O)OCC(=O)Nc2cccc(C)c2C)c1. The van der Waals surface area contributed by atoms with E-state index in [4.69, 9.17) is 9.47 Å². The first-order valence-corrected chi connectivity index (χ1v) is 8.17. The summed E-state index contributed by atoms with van der Waals surface area (Å²) in [5.41, 5.74) is 3.89. The van der Waals surface area contributed by atoms with Gasteiger partial charge in [-0.2, -0.15) is 0 Å². The van der Waals surface area contributed by atoms with Gasteiger partial charge in [0.15, 0.2) is 6.61 Å². The molecule has 0 aliphatic rings. The molecule has 2 aromatic carbocycles. The van der Waals surface area contributed by atoms with E-state index >= 15 is 0 Å². The molecule has 0 aliphatic carbocycles. The minimum absolute atomic E-state index is 0.0880. The molecule has 0 aliphatic heterocycles. The van der Waals surface area contributed by atoms with Crippen LogP contribution in [0.15, 0.2) is 42.5 Å². The molecular weight excluding hydrogens is 318 g/mol. The number of hydrogen-bond acceptors (Lipinski definition) is 4. The average molecular weight is 341 g/mol. The Labute approximate surface area is 148 Å². The molecule has 132 valence electrons. The summed E-state index contributed by atoms with van der Waals surface area (Å²) >= 11 is 0. The number of carbonyl (C=O) groups excluding carboxylic acids is 2. The molecule has 0 aromatic heterocycles. The second kappa shape index (κ2) is 8.87. The van der Waals surface area contributed by atoms with Gasteiger partial charge in [-0.05, 0) is 55.7 Å². The molecule has 0 spiro atoms. The minimum Gasteiger partial charge on any atom is -0.493 e. The highest BCUT2D eigenvalue weighted by molar-refractivity contribution is 5.93. The van der Waals surface area contributed by atoms with Crippen molar-refractivity contribution in [1.82, 2.24) is 0 Å². The standard InChI is InChI=1S/C20H23NO4/c1-14-6-4-8-17(12-14)24-11-10-20(23)25-13-19(22)21-18-9-5-7-15(2)16(18)3/h4-9,12H,10-11,13H2,1-3H3,(H,21,22). The van der Waals surface area contributed by atoms with Crippen LogP contribution in [-0.4, -0.2) is 25.1 Å². The van der Waals surface area contributed by atoms with E-state index in [0.29, 0.717) is 5.75 Å². The van der Waals surface area contributed by atoms with Crippen LogP contribution in [0.4, 0.5) is 5.69 Å². The van der Waals surface area contributed by atoms with Crippen molar-refractivity contribution in [1.29, 1.82) is 0 Å². The van der Waals surface area contributed by atoms with Crippen LogP contribution < -0.4 is 10.1 Å². The molecule has 0 saturated carbocycles. The maximum absolute atomic E-state index is 11.9. The zero-order valence-corrected chi connectivity index (χ0v) is 14.8. The van der Waals surface area contributed by atoms with Crippen molar-refractivity contribution in [3.05, 3.63) is 59.2 Å². The first-order chi connectivity index (χ1) is 12.0. The van der Waals surface area contributed by atoms with E-state index < -0.39 is 5.97 Å². The average Bonchev–Trinajstić information content (AvgIpc) is 2.57. The Balaban J connectivity index is 1.70. The van der Waals surface area contributed by atoms with Gasteiger partial charge in [-0.25, -0.2) is 0 Å². The fraction of sp³-hybridized carbons (Fsp3) is 0.300. The van der Waals surface area contributed by atoms with E-state index in [1.165, 1.54) is 0 Å². The fourth-order valence-corrected chi connectivity index (χ4v) is 2.25. The van der Waals surface area contributed by atoms with Crippen LogP contribution in [0.5, 0.6) is 5.75 Å². The highest BCUT2D eigenvalue weighted by Gasteiger charge is 2.10. The lowest BCUT2D eigenvalue weighted by Gasteiger charge is -2.11. The van der Waals surface area contributed by atoms with Crippen molar-refractivity contribution in [2.75, 3.05) is 18.5 Å². The molecule has 0 heterocycles. The van der Waals surface area contributed by atoms with E-state index in [2.05, 4.69) is 5.32 Å². The number of anilines is 1. The number of amides is 1. The summed E-state index contributed by atoms with van der Waals surface area (Å²) in [7, 11) is 0. The number of hydrogen-bond donors (Lipinski definition) is 1. The lowest BCUT2D eigenvalue weighted by molar-refractivity contribution is -0.147. The van der Waals surface area contributed by atoms with E-state index in [-0.39, 0.29) is 25.5 Å². The molecule has 5 heteroatoms. The Morgan fingerprint density at radius 2 is 1.80 bits per heavy atom. The number of carbonyl (C=O) groups is 2. The van der Waals surface area contributed by atoms with Gasteiger partial charge in [-0.1, -0.05) is 24.3 Å². The highest BCUT2D eigenvalue weighted by Crippen LogP contribution is 2.17. The smallest absolute Gasteiger partial charge is 0.309 e. The first kappa shape index (κ1) is 18.5. The number of aryl methyl sites for hydroxylation is 2. The summed E-state index contributed by atoms with van der Waals surface area (Å²) in [6.45, 7) is 5.77. The molecule has 1 amide bonds. The van der Waals surface area contributed by atoms with Crippen molar-refractivity contribution in [3.63, 3.8) is 0 Å². The molecule has 0 radical (unpaired) electrons. The van der Waals surface area contributed by atoms with Crippen molar-refractivity contribution in [3.8, 4) is 5.75 Å². The third-order valence-electron chi connectivity index (χ3n) is 3.81. The number of benzene rings is 2. The van der Waals surface area contributed by atoms with Crippen molar-refractivity contribution < 1.29 is 19.1 Å². The Morgan fingerprint density at radius 1 is 1.04 bits per heavy atom. The molecular formula is C20H23NO4. The van der Waals surface area contributed by atoms with E-state index in [1.807, 2.05) is 63.2 Å². The minimum atomic E-state index is -0.469. The molecule has 5 nitrogen and oxygen atoms in total. The van der Waals surface area contributed by atoms with Gasteiger partial charge in [-0.3, -0.25) is 9.59 Å². The molecule has 0 atom stereocenters. The summed E-state index contributed by atoms with van der Waals surface area (Å²) in [5.74, 6) is -0.120. The van der Waals surface area contributed by atoms with Crippen LogP contribution in [-0.2, 0) is 14.3 Å². The highest BCUT2D eigenvalue weighted by atomic mass is 16.5. The van der Waals surface area contributed by atoms with Crippen LogP contribution in [0.3, 0.4) is 0 Å². The van der Waals surface area contributed by atoms with Gasteiger partial charge in [0.25, 0.3) is 5.91 Å². The molecule has 0 unspecified atom stereocenters. The predicted molar refractivity (Wildman–Crippen MR) is 96.8 cm³/mol. The fourth-order valence-electron chi connectivity index (χ4n) is 2.25. The summed E-state index contributed by atoms with van der Waals surface area (Å²) < 4.78 is 10.5.